The lowest BCUT2D eigenvalue weighted by molar-refractivity contribution is 0.648. The first-order valence-corrected chi connectivity index (χ1v) is 5.01. The topological polar surface area (TPSA) is 43.6 Å². The van der Waals surface area contributed by atoms with Gasteiger partial charge in [-0.2, -0.15) is 0 Å². The van der Waals surface area contributed by atoms with E-state index in [4.69, 9.17) is 0 Å². The van der Waals surface area contributed by atoms with Crippen LogP contribution in [0, 0.1) is 0 Å². The Labute approximate surface area is 89.0 Å². The van der Waals surface area contributed by atoms with Crippen LogP contribution in [0.15, 0.2) is 24.4 Å². The van der Waals surface area contributed by atoms with Crippen LogP contribution in [-0.2, 0) is 7.05 Å². The van der Waals surface area contributed by atoms with Crippen LogP contribution in [0.25, 0.3) is 11.4 Å². The highest BCUT2D eigenvalue weighted by molar-refractivity contribution is 5.56. The van der Waals surface area contributed by atoms with E-state index in [-0.39, 0.29) is 0 Å². The Kier molecular flexibility index (Phi) is 2.49. The highest BCUT2D eigenvalue weighted by Crippen LogP contribution is 2.24. The molecule has 0 saturated carbocycles. The minimum Gasteiger partial charge on any atom is -0.254 e. The molecule has 0 atom stereocenters. The van der Waals surface area contributed by atoms with Crippen LogP contribution in [-0.4, -0.2) is 20.0 Å². The summed E-state index contributed by atoms with van der Waals surface area (Å²) in [7, 11) is 1.91. The Morgan fingerprint density at radius 1 is 1.27 bits per heavy atom. The molecule has 2 aromatic heterocycles. The van der Waals surface area contributed by atoms with Crippen molar-refractivity contribution in [3.05, 3.63) is 30.1 Å². The lowest BCUT2D eigenvalue weighted by atomic mass is 10.1. The third kappa shape index (κ3) is 1.75. The van der Waals surface area contributed by atoms with Crippen molar-refractivity contribution in [3.8, 4) is 11.4 Å². The van der Waals surface area contributed by atoms with Crippen molar-refractivity contribution in [1.82, 2.24) is 20.0 Å². The van der Waals surface area contributed by atoms with Crippen molar-refractivity contribution in [3.63, 3.8) is 0 Å². The molecule has 0 saturated heterocycles. The van der Waals surface area contributed by atoms with Crippen LogP contribution in [0.5, 0.6) is 0 Å². The number of hydrogen-bond donors (Lipinski definition) is 0. The van der Waals surface area contributed by atoms with Gasteiger partial charge in [0, 0.05) is 13.2 Å². The Morgan fingerprint density at radius 2 is 2.07 bits per heavy atom. The number of hydrogen-bond acceptors (Lipinski definition) is 3. The third-order valence-corrected chi connectivity index (χ3v) is 2.32. The fourth-order valence-corrected chi connectivity index (χ4v) is 1.70. The summed E-state index contributed by atoms with van der Waals surface area (Å²) in [5, 5.41) is 8.20. The predicted molar refractivity (Wildman–Crippen MR) is 58.3 cm³/mol. The van der Waals surface area contributed by atoms with E-state index >= 15 is 0 Å². The molecule has 0 aliphatic heterocycles. The summed E-state index contributed by atoms with van der Waals surface area (Å²) < 4.78 is 1.81. The van der Waals surface area contributed by atoms with Gasteiger partial charge in [-0.15, -0.1) is 5.10 Å². The molecule has 15 heavy (non-hydrogen) atoms. The quantitative estimate of drug-likeness (QED) is 0.748. The molecule has 0 amide bonds. The van der Waals surface area contributed by atoms with Gasteiger partial charge >= 0.3 is 0 Å². The largest absolute Gasteiger partial charge is 0.254 e. The fraction of sp³-hybridized carbons (Fsp3) is 0.364. The minimum absolute atomic E-state index is 0.391. The van der Waals surface area contributed by atoms with E-state index in [9.17, 15) is 0 Å². The van der Waals surface area contributed by atoms with Crippen molar-refractivity contribution in [2.24, 2.45) is 7.05 Å². The average molecular weight is 202 g/mol. The van der Waals surface area contributed by atoms with Gasteiger partial charge in [-0.3, -0.25) is 9.67 Å². The van der Waals surface area contributed by atoms with Gasteiger partial charge in [0.2, 0.25) is 0 Å². The number of pyridine rings is 1. The molecule has 0 aromatic carbocycles. The molecule has 0 radical (unpaired) electrons. The molecular weight excluding hydrogens is 188 g/mol. The molecule has 0 aliphatic carbocycles. The first kappa shape index (κ1) is 9.83. The molecule has 2 heterocycles. The summed E-state index contributed by atoms with van der Waals surface area (Å²) in [5.74, 6) is 0.391. The van der Waals surface area contributed by atoms with E-state index in [2.05, 4.69) is 29.1 Å². The van der Waals surface area contributed by atoms with E-state index in [1.807, 2.05) is 29.9 Å². The Morgan fingerprint density at radius 3 is 2.67 bits per heavy atom. The second kappa shape index (κ2) is 3.81. The highest BCUT2D eigenvalue weighted by atomic mass is 15.4. The molecule has 4 nitrogen and oxygen atoms in total. The number of nitrogens with zero attached hydrogens (tertiary/aromatic N) is 4. The summed E-state index contributed by atoms with van der Waals surface area (Å²) in [5.41, 5.74) is 2.89. The second-order valence-electron chi connectivity index (χ2n) is 3.82. The SMILES string of the molecule is CC(C)c1c(-c2ccccn2)nnn1C. The third-order valence-electron chi connectivity index (χ3n) is 2.32. The Hall–Kier alpha value is -1.71. The van der Waals surface area contributed by atoms with Gasteiger partial charge in [-0.25, -0.2) is 0 Å². The van der Waals surface area contributed by atoms with Crippen LogP contribution in [0.4, 0.5) is 0 Å². The molecule has 0 bridgehead atoms. The summed E-state index contributed by atoms with van der Waals surface area (Å²) in [6.45, 7) is 4.26. The van der Waals surface area contributed by atoms with E-state index in [1.54, 1.807) is 6.20 Å². The Bertz CT molecular complexity index is 445. The van der Waals surface area contributed by atoms with E-state index in [1.165, 1.54) is 0 Å². The van der Waals surface area contributed by atoms with Gasteiger partial charge in [0.1, 0.15) is 5.69 Å². The van der Waals surface area contributed by atoms with Crippen LogP contribution in [0.1, 0.15) is 25.5 Å². The molecule has 78 valence electrons. The molecule has 0 spiro atoms. The summed E-state index contributed by atoms with van der Waals surface area (Å²) in [4.78, 5) is 4.29. The lowest BCUT2D eigenvalue weighted by Crippen LogP contribution is -2.01. The summed E-state index contributed by atoms with van der Waals surface area (Å²) >= 11 is 0. The lowest BCUT2D eigenvalue weighted by Gasteiger charge is -2.06. The molecule has 4 heteroatoms. The summed E-state index contributed by atoms with van der Waals surface area (Å²) in [6, 6.07) is 5.81. The van der Waals surface area contributed by atoms with E-state index in [0.717, 1.165) is 17.1 Å². The summed E-state index contributed by atoms with van der Waals surface area (Å²) in [6.07, 6.45) is 1.77. The number of aryl methyl sites for hydroxylation is 1. The molecule has 2 rings (SSSR count). The highest BCUT2D eigenvalue weighted by Gasteiger charge is 2.15. The van der Waals surface area contributed by atoms with Crippen molar-refractivity contribution < 1.29 is 0 Å². The van der Waals surface area contributed by atoms with Crippen LogP contribution in [0.3, 0.4) is 0 Å². The molecule has 0 fully saturated rings. The number of rotatable bonds is 2. The molecular formula is C11H14N4. The van der Waals surface area contributed by atoms with Crippen LogP contribution >= 0.6 is 0 Å². The molecule has 0 aliphatic rings. The molecule has 0 unspecified atom stereocenters. The van der Waals surface area contributed by atoms with Gasteiger partial charge in [0.25, 0.3) is 0 Å². The van der Waals surface area contributed by atoms with Crippen LogP contribution < -0.4 is 0 Å². The monoisotopic (exact) mass is 202 g/mol. The van der Waals surface area contributed by atoms with Gasteiger partial charge in [0.05, 0.1) is 11.4 Å². The first-order chi connectivity index (χ1) is 7.20. The van der Waals surface area contributed by atoms with Crippen molar-refractivity contribution in [2.75, 3.05) is 0 Å². The van der Waals surface area contributed by atoms with Crippen molar-refractivity contribution in [1.29, 1.82) is 0 Å². The second-order valence-corrected chi connectivity index (χ2v) is 3.82. The van der Waals surface area contributed by atoms with E-state index in [0.29, 0.717) is 5.92 Å². The first-order valence-electron chi connectivity index (χ1n) is 5.01. The predicted octanol–water partition coefficient (Wildman–Crippen LogP) is 2.00. The maximum Gasteiger partial charge on any atom is 0.134 e. The van der Waals surface area contributed by atoms with Gasteiger partial charge in [0.15, 0.2) is 0 Å². The smallest absolute Gasteiger partial charge is 0.134 e. The van der Waals surface area contributed by atoms with Crippen LogP contribution in [0.2, 0.25) is 0 Å². The number of aromatic nitrogens is 4. The zero-order valence-electron chi connectivity index (χ0n) is 9.18. The van der Waals surface area contributed by atoms with Gasteiger partial charge in [-0.05, 0) is 18.1 Å². The maximum absolute atomic E-state index is 4.29. The Balaban J connectivity index is 2.54. The normalized spacial score (nSPS) is 10.9. The van der Waals surface area contributed by atoms with E-state index < -0.39 is 0 Å². The van der Waals surface area contributed by atoms with Gasteiger partial charge in [-0.1, -0.05) is 25.1 Å². The van der Waals surface area contributed by atoms with Crippen molar-refractivity contribution in [2.45, 2.75) is 19.8 Å². The fourth-order valence-electron chi connectivity index (χ4n) is 1.70. The zero-order chi connectivity index (χ0) is 10.8. The standard InChI is InChI=1S/C11H14N4/c1-8(2)11-10(13-14-15(11)3)9-6-4-5-7-12-9/h4-8H,1-3H3. The molecule has 0 N–H and O–H groups in total. The zero-order valence-corrected chi connectivity index (χ0v) is 9.18. The maximum atomic E-state index is 4.29. The molecule has 2 aromatic rings. The average Bonchev–Trinajstić information content (AvgIpc) is 2.61. The van der Waals surface area contributed by atoms with Crippen molar-refractivity contribution >= 4 is 0 Å². The van der Waals surface area contributed by atoms with Gasteiger partial charge < -0.3 is 0 Å². The minimum atomic E-state index is 0.391.